The second-order valence-corrected chi connectivity index (χ2v) is 10.7. The highest BCUT2D eigenvalue weighted by atomic mass is 16.6. The fraction of sp³-hybridized carbons (Fsp3) is 0.452. The van der Waals surface area contributed by atoms with E-state index in [1.165, 1.54) is 4.90 Å². The number of hydrogen-bond donors (Lipinski definition) is 2. The molecule has 0 aliphatic heterocycles. The Kier molecular flexibility index (Phi) is 11.0. The van der Waals surface area contributed by atoms with Gasteiger partial charge in [0.25, 0.3) is 5.91 Å². The lowest BCUT2D eigenvalue weighted by molar-refractivity contribution is -0.144. The van der Waals surface area contributed by atoms with Crippen LogP contribution < -0.4 is 15.4 Å². The molecule has 2 rings (SSSR count). The molecule has 39 heavy (non-hydrogen) atoms. The average molecular weight is 536 g/mol. The number of benzene rings is 2. The van der Waals surface area contributed by atoms with Crippen LogP contribution in [0.25, 0.3) is 0 Å². The topological polar surface area (TPSA) is 97.0 Å². The summed E-state index contributed by atoms with van der Waals surface area (Å²) in [6.45, 7) is 12.7. The van der Waals surface area contributed by atoms with Crippen LogP contribution in [0.1, 0.15) is 72.1 Å². The van der Waals surface area contributed by atoms with E-state index >= 15 is 0 Å². The number of methoxy groups -OCH3 is 1. The molecule has 0 aliphatic rings. The average Bonchev–Trinajstić information content (AvgIpc) is 2.88. The Labute approximate surface area is 232 Å². The molecule has 3 atom stereocenters. The van der Waals surface area contributed by atoms with Crippen LogP contribution in [0.2, 0.25) is 0 Å². The lowest BCUT2D eigenvalue weighted by Gasteiger charge is -2.38. The zero-order valence-electron chi connectivity index (χ0n) is 24.2. The molecule has 0 fully saturated rings. The highest BCUT2D eigenvalue weighted by molar-refractivity contribution is 5.99. The molecule has 3 amide bonds. The molecule has 0 aromatic heterocycles. The Balaban J connectivity index is 2.58. The first kappa shape index (κ1) is 31.2. The summed E-state index contributed by atoms with van der Waals surface area (Å²) < 4.78 is 10.7. The van der Waals surface area contributed by atoms with E-state index in [4.69, 9.17) is 15.9 Å². The Bertz CT molecular complexity index is 1180. The van der Waals surface area contributed by atoms with E-state index in [2.05, 4.69) is 16.6 Å². The molecular weight excluding hydrogens is 494 g/mol. The molecule has 210 valence electrons. The summed E-state index contributed by atoms with van der Waals surface area (Å²) in [6, 6.07) is 11.5. The van der Waals surface area contributed by atoms with Crippen molar-refractivity contribution in [3.05, 3.63) is 59.7 Å². The van der Waals surface area contributed by atoms with Gasteiger partial charge in [0.2, 0.25) is 5.91 Å². The van der Waals surface area contributed by atoms with E-state index in [-0.39, 0.29) is 5.92 Å². The highest BCUT2D eigenvalue weighted by Crippen LogP contribution is 2.30. The molecule has 0 heterocycles. The van der Waals surface area contributed by atoms with Crippen molar-refractivity contribution in [2.75, 3.05) is 12.4 Å². The van der Waals surface area contributed by atoms with E-state index in [1.54, 1.807) is 76.4 Å². The fourth-order valence-corrected chi connectivity index (χ4v) is 4.13. The molecule has 2 aromatic carbocycles. The van der Waals surface area contributed by atoms with E-state index < -0.39 is 41.6 Å². The lowest BCUT2D eigenvalue weighted by Crippen LogP contribution is -2.56. The number of rotatable bonds is 10. The quantitative estimate of drug-likeness (QED) is 0.390. The van der Waals surface area contributed by atoms with Crippen molar-refractivity contribution in [2.24, 2.45) is 5.92 Å². The fourth-order valence-electron chi connectivity index (χ4n) is 4.13. The summed E-state index contributed by atoms with van der Waals surface area (Å²) in [5.41, 5.74) is 0.793. The zero-order valence-corrected chi connectivity index (χ0v) is 24.2. The number of terminal acetylenes is 1. The summed E-state index contributed by atoms with van der Waals surface area (Å²) in [5.74, 6) is 2.20. The van der Waals surface area contributed by atoms with E-state index in [0.29, 0.717) is 29.0 Å². The van der Waals surface area contributed by atoms with Gasteiger partial charge < -0.3 is 25.0 Å². The second kappa shape index (κ2) is 13.7. The first-order chi connectivity index (χ1) is 18.3. The van der Waals surface area contributed by atoms with Gasteiger partial charge in [-0.3, -0.25) is 9.59 Å². The first-order valence-electron chi connectivity index (χ1n) is 13.1. The Morgan fingerprint density at radius 3 is 2.15 bits per heavy atom. The third kappa shape index (κ3) is 8.51. The van der Waals surface area contributed by atoms with Crippen molar-refractivity contribution in [3.63, 3.8) is 0 Å². The normalized spacial score (nSPS) is 13.4. The van der Waals surface area contributed by atoms with Crippen LogP contribution in [0, 0.1) is 18.3 Å². The van der Waals surface area contributed by atoms with E-state index in [9.17, 15) is 14.4 Å². The van der Waals surface area contributed by atoms with Crippen LogP contribution in [0.4, 0.5) is 10.5 Å². The summed E-state index contributed by atoms with van der Waals surface area (Å²) in [7, 11) is 1.56. The first-order valence-corrected chi connectivity index (χ1v) is 13.1. The van der Waals surface area contributed by atoms with Gasteiger partial charge in [0, 0.05) is 17.3 Å². The maximum atomic E-state index is 14.2. The van der Waals surface area contributed by atoms with E-state index in [1.807, 2.05) is 27.7 Å². The largest absolute Gasteiger partial charge is 0.497 e. The molecule has 3 unspecified atom stereocenters. The number of nitrogens with one attached hydrogen (secondary N) is 2. The third-order valence-corrected chi connectivity index (χ3v) is 6.26. The van der Waals surface area contributed by atoms with Gasteiger partial charge in [-0.25, -0.2) is 4.79 Å². The lowest BCUT2D eigenvalue weighted by atomic mass is 9.93. The molecule has 8 heteroatoms. The number of nitrogens with zero attached hydrogens (tertiary/aromatic N) is 1. The molecule has 0 saturated carbocycles. The van der Waals surface area contributed by atoms with Crippen molar-refractivity contribution < 1.29 is 23.9 Å². The summed E-state index contributed by atoms with van der Waals surface area (Å²) in [5, 5.41) is 5.68. The highest BCUT2D eigenvalue weighted by Gasteiger charge is 2.40. The summed E-state index contributed by atoms with van der Waals surface area (Å²) >= 11 is 0. The van der Waals surface area contributed by atoms with Gasteiger partial charge in [0.15, 0.2) is 0 Å². The van der Waals surface area contributed by atoms with Crippen LogP contribution in [0.5, 0.6) is 5.75 Å². The molecule has 2 aromatic rings. The molecular formula is C31H41N3O5. The van der Waals surface area contributed by atoms with Crippen LogP contribution in [-0.4, -0.2) is 47.6 Å². The molecule has 0 bridgehead atoms. The van der Waals surface area contributed by atoms with Gasteiger partial charge in [-0.15, -0.1) is 6.42 Å². The van der Waals surface area contributed by atoms with Gasteiger partial charge in [-0.2, -0.15) is 0 Å². The van der Waals surface area contributed by atoms with Crippen LogP contribution >= 0.6 is 0 Å². The Morgan fingerprint density at radius 2 is 1.64 bits per heavy atom. The minimum Gasteiger partial charge on any atom is -0.497 e. The molecule has 0 aliphatic carbocycles. The number of carbonyl (C=O) groups excluding carboxylic acids is 3. The summed E-state index contributed by atoms with van der Waals surface area (Å²) in [4.78, 5) is 42.4. The molecule has 0 spiro atoms. The van der Waals surface area contributed by atoms with Crippen molar-refractivity contribution in [2.45, 2.75) is 78.6 Å². The molecule has 8 nitrogen and oxygen atoms in total. The van der Waals surface area contributed by atoms with Gasteiger partial charge in [0.05, 0.1) is 7.11 Å². The SMILES string of the molecule is C#Cc1ccccc1C(C(=O)Nc1ccc(OC)cc1)N(C(=O)C(NC(=O)OC(C)(C)C)C(C)CC)C(C)C. The number of anilines is 1. The molecule has 0 saturated heterocycles. The molecule has 0 radical (unpaired) electrons. The Morgan fingerprint density at radius 1 is 1.03 bits per heavy atom. The number of hydrogen-bond acceptors (Lipinski definition) is 5. The number of ether oxygens (including phenoxy) is 2. The van der Waals surface area contributed by atoms with Crippen LogP contribution in [0.3, 0.4) is 0 Å². The predicted octanol–water partition coefficient (Wildman–Crippen LogP) is 5.53. The van der Waals surface area contributed by atoms with Crippen molar-refractivity contribution >= 4 is 23.6 Å². The second-order valence-electron chi connectivity index (χ2n) is 10.7. The van der Waals surface area contributed by atoms with Crippen LogP contribution in [0.15, 0.2) is 48.5 Å². The maximum absolute atomic E-state index is 14.2. The minimum atomic E-state index is -1.07. The van der Waals surface area contributed by atoms with E-state index in [0.717, 1.165) is 0 Å². The minimum absolute atomic E-state index is 0.237. The number of alkyl carbamates (subject to hydrolysis) is 1. The van der Waals surface area contributed by atoms with Crippen molar-refractivity contribution in [1.29, 1.82) is 0 Å². The number of amides is 3. The maximum Gasteiger partial charge on any atom is 0.408 e. The smallest absolute Gasteiger partial charge is 0.408 e. The van der Waals surface area contributed by atoms with Gasteiger partial charge >= 0.3 is 6.09 Å². The van der Waals surface area contributed by atoms with Gasteiger partial charge in [0.1, 0.15) is 23.4 Å². The third-order valence-electron chi connectivity index (χ3n) is 6.26. The van der Waals surface area contributed by atoms with Crippen molar-refractivity contribution in [1.82, 2.24) is 10.2 Å². The van der Waals surface area contributed by atoms with Crippen molar-refractivity contribution in [3.8, 4) is 18.1 Å². The Hall–Kier alpha value is -3.99. The van der Waals surface area contributed by atoms with Gasteiger partial charge in [-0.1, -0.05) is 44.4 Å². The van der Waals surface area contributed by atoms with Gasteiger partial charge in [-0.05, 0) is 76.4 Å². The number of carbonyl (C=O) groups is 3. The molecule has 2 N–H and O–H groups in total. The standard InChI is InChI=1S/C31H41N3O5/c1-10-21(5)26(33-30(37)39-31(6,7)8)29(36)34(20(3)4)27(25-15-13-12-14-22(25)11-2)28(35)32-23-16-18-24(38-9)19-17-23/h2,12-21,26-27H,10H2,1,3-9H3,(H,32,35)(H,33,37). The van der Waals surface area contributed by atoms with Crippen LogP contribution in [-0.2, 0) is 14.3 Å². The monoisotopic (exact) mass is 535 g/mol. The predicted molar refractivity (Wildman–Crippen MR) is 153 cm³/mol. The summed E-state index contributed by atoms with van der Waals surface area (Å²) in [6.07, 6.45) is 5.72. The zero-order chi connectivity index (χ0) is 29.3.